The minimum Gasteiger partial charge on any atom is -0.464 e. The van der Waals surface area contributed by atoms with E-state index >= 15 is 0 Å². The number of alkyl halides is 1. The van der Waals surface area contributed by atoms with E-state index in [0.717, 1.165) is 10.8 Å². The molecule has 0 aromatic carbocycles. The minimum atomic E-state index is -0.444. The third-order valence-electron chi connectivity index (χ3n) is 1.53. The largest absolute Gasteiger partial charge is 0.464 e. The van der Waals surface area contributed by atoms with Crippen molar-refractivity contribution in [1.29, 1.82) is 0 Å². The SMILES string of the molecule is COC(=O)c1nc(CCI)oc1C. The molecule has 0 atom stereocenters. The van der Waals surface area contributed by atoms with E-state index in [1.165, 1.54) is 7.11 Å². The number of carbonyl (C=O) groups is 1. The van der Waals surface area contributed by atoms with E-state index in [1.54, 1.807) is 6.92 Å². The summed E-state index contributed by atoms with van der Waals surface area (Å²) in [5.74, 6) is 0.667. The summed E-state index contributed by atoms with van der Waals surface area (Å²) < 4.78 is 10.7. The summed E-state index contributed by atoms with van der Waals surface area (Å²) in [6.45, 7) is 1.70. The maximum absolute atomic E-state index is 11.1. The maximum Gasteiger partial charge on any atom is 0.360 e. The molecule has 0 aliphatic heterocycles. The van der Waals surface area contributed by atoms with Crippen LogP contribution < -0.4 is 0 Å². The van der Waals surface area contributed by atoms with Gasteiger partial charge in [-0.25, -0.2) is 9.78 Å². The molecule has 0 aliphatic rings. The molecular weight excluding hydrogens is 285 g/mol. The first kappa shape index (κ1) is 10.5. The third kappa shape index (κ3) is 2.43. The van der Waals surface area contributed by atoms with Crippen LogP contribution in [0.1, 0.15) is 22.1 Å². The van der Waals surface area contributed by atoms with Gasteiger partial charge in [-0.15, -0.1) is 0 Å². The summed E-state index contributed by atoms with van der Waals surface area (Å²) in [5.41, 5.74) is 0.280. The topological polar surface area (TPSA) is 52.3 Å². The molecule has 0 saturated heterocycles. The summed E-state index contributed by atoms with van der Waals surface area (Å²) in [6.07, 6.45) is 0.735. The fourth-order valence-corrected chi connectivity index (χ4v) is 1.39. The highest BCUT2D eigenvalue weighted by atomic mass is 127. The van der Waals surface area contributed by atoms with Crippen LogP contribution in [0.15, 0.2) is 4.42 Å². The summed E-state index contributed by atoms with van der Waals surface area (Å²) in [4.78, 5) is 15.1. The van der Waals surface area contributed by atoms with Gasteiger partial charge in [0.05, 0.1) is 7.11 Å². The van der Waals surface area contributed by atoms with Crippen LogP contribution in [0.25, 0.3) is 0 Å². The smallest absolute Gasteiger partial charge is 0.360 e. The Morgan fingerprint density at radius 1 is 1.69 bits per heavy atom. The van der Waals surface area contributed by atoms with E-state index in [-0.39, 0.29) is 5.69 Å². The number of hydrogen-bond acceptors (Lipinski definition) is 4. The second-order valence-corrected chi connectivity index (χ2v) is 3.52. The third-order valence-corrected chi connectivity index (χ3v) is 2.07. The fraction of sp³-hybridized carbons (Fsp3) is 0.500. The Balaban J connectivity index is 2.89. The van der Waals surface area contributed by atoms with E-state index in [4.69, 9.17) is 4.42 Å². The first-order valence-corrected chi connectivity index (χ1v) is 5.32. The Bertz CT molecular complexity index is 308. The van der Waals surface area contributed by atoms with Gasteiger partial charge in [-0.2, -0.15) is 0 Å². The van der Waals surface area contributed by atoms with Gasteiger partial charge in [-0.05, 0) is 6.92 Å². The van der Waals surface area contributed by atoms with Crippen molar-refractivity contribution in [1.82, 2.24) is 4.98 Å². The summed E-state index contributed by atoms with van der Waals surface area (Å²) in [5, 5.41) is 0. The predicted molar refractivity (Wildman–Crippen MR) is 55.2 cm³/mol. The molecule has 0 unspecified atom stereocenters. The van der Waals surface area contributed by atoms with Gasteiger partial charge in [0.15, 0.2) is 11.6 Å². The standard InChI is InChI=1S/C8H10INO3/c1-5-7(8(11)12-2)10-6(13-5)3-4-9/h3-4H2,1-2H3. The minimum absolute atomic E-state index is 0.280. The Morgan fingerprint density at radius 3 is 2.92 bits per heavy atom. The summed E-state index contributed by atoms with van der Waals surface area (Å²) >= 11 is 2.22. The molecule has 0 saturated carbocycles. The second kappa shape index (κ2) is 4.59. The van der Waals surface area contributed by atoms with E-state index in [2.05, 4.69) is 32.3 Å². The number of nitrogens with zero attached hydrogens (tertiary/aromatic N) is 1. The molecule has 5 heteroatoms. The monoisotopic (exact) mass is 295 g/mol. The molecule has 1 aromatic rings. The highest BCUT2D eigenvalue weighted by Crippen LogP contribution is 2.11. The molecule has 0 radical (unpaired) electrons. The molecule has 0 bridgehead atoms. The molecule has 72 valence electrons. The lowest BCUT2D eigenvalue weighted by atomic mass is 10.4. The van der Waals surface area contributed by atoms with Crippen molar-refractivity contribution in [2.24, 2.45) is 0 Å². The number of aryl methyl sites for hydroxylation is 2. The Kier molecular flexibility index (Phi) is 3.71. The zero-order valence-corrected chi connectivity index (χ0v) is 9.62. The molecule has 1 aromatic heterocycles. The molecule has 1 rings (SSSR count). The van der Waals surface area contributed by atoms with Crippen molar-refractivity contribution in [3.05, 3.63) is 17.3 Å². The molecule has 0 spiro atoms. The number of hydrogen-bond donors (Lipinski definition) is 0. The first-order chi connectivity index (χ1) is 6.19. The molecule has 13 heavy (non-hydrogen) atoms. The molecule has 4 nitrogen and oxygen atoms in total. The second-order valence-electron chi connectivity index (χ2n) is 2.44. The number of rotatable bonds is 3. The van der Waals surface area contributed by atoms with Gasteiger partial charge in [0.25, 0.3) is 0 Å². The van der Waals surface area contributed by atoms with E-state index in [1.807, 2.05) is 0 Å². The van der Waals surface area contributed by atoms with Crippen LogP contribution in [0.3, 0.4) is 0 Å². The van der Waals surface area contributed by atoms with Crippen LogP contribution in [0, 0.1) is 6.92 Å². The van der Waals surface area contributed by atoms with Gasteiger partial charge in [0.1, 0.15) is 5.76 Å². The van der Waals surface area contributed by atoms with E-state index in [9.17, 15) is 4.79 Å². The lowest BCUT2D eigenvalue weighted by Gasteiger charge is -1.91. The lowest BCUT2D eigenvalue weighted by molar-refractivity contribution is 0.0593. The zero-order valence-electron chi connectivity index (χ0n) is 7.46. The number of aromatic nitrogens is 1. The van der Waals surface area contributed by atoms with Crippen LogP contribution in [0.5, 0.6) is 0 Å². The average Bonchev–Trinajstić information content (AvgIpc) is 2.46. The quantitative estimate of drug-likeness (QED) is 0.484. The Hall–Kier alpha value is -0.590. The number of oxazole rings is 1. The lowest BCUT2D eigenvalue weighted by Crippen LogP contribution is -2.03. The van der Waals surface area contributed by atoms with E-state index in [0.29, 0.717) is 11.7 Å². The normalized spacial score (nSPS) is 10.1. The Labute approximate surface area is 89.8 Å². The van der Waals surface area contributed by atoms with Crippen molar-refractivity contribution in [2.45, 2.75) is 13.3 Å². The van der Waals surface area contributed by atoms with Crippen molar-refractivity contribution in [3.8, 4) is 0 Å². The molecule has 0 aliphatic carbocycles. The summed E-state index contributed by atoms with van der Waals surface area (Å²) in [7, 11) is 1.33. The summed E-state index contributed by atoms with van der Waals surface area (Å²) in [6, 6.07) is 0. The number of ether oxygens (including phenoxy) is 1. The number of methoxy groups -OCH3 is 1. The van der Waals surface area contributed by atoms with Crippen molar-refractivity contribution < 1.29 is 13.9 Å². The Morgan fingerprint density at radius 2 is 2.38 bits per heavy atom. The molecule has 0 fully saturated rings. The highest BCUT2D eigenvalue weighted by Gasteiger charge is 2.16. The number of carbonyl (C=O) groups excluding carboxylic acids is 1. The number of esters is 1. The number of halogens is 1. The van der Waals surface area contributed by atoms with Gasteiger partial charge < -0.3 is 9.15 Å². The van der Waals surface area contributed by atoms with Gasteiger partial charge in [0.2, 0.25) is 0 Å². The van der Waals surface area contributed by atoms with Crippen LogP contribution in [-0.4, -0.2) is 22.5 Å². The van der Waals surface area contributed by atoms with Crippen LogP contribution in [0.4, 0.5) is 0 Å². The molecule has 0 N–H and O–H groups in total. The van der Waals surface area contributed by atoms with Crippen molar-refractivity contribution in [3.63, 3.8) is 0 Å². The van der Waals surface area contributed by atoms with Gasteiger partial charge in [-0.1, -0.05) is 22.6 Å². The van der Waals surface area contributed by atoms with Crippen LogP contribution >= 0.6 is 22.6 Å². The maximum atomic E-state index is 11.1. The fourth-order valence-electron chi connectivity index (χ4n) is 0.925. The van der Waals surface area contributed by atoms with Crippen molar-refractivity contribution >= 4 is 28.6 Å². The van der Waals surface area contributed by atoms with Gasteiger partial charge in [-0.3, -0.25) is 0 Å². The molecule has 0 amide bonds. The molecule has 1 heterocycles. The molecular formula is C8H10INO3. The van der Waals surface area contributed by atoms with Crippen LogP contribution in [0.2, 0.25) is 0 Å². The van der Waals surface area contributed by atoms with Crippen molar-refractivity contribution in [2.75, 3.05) is 11.5 Å². The first-order valence-electron chi connectivity index (χ1n) is 3.79. The van der Waals surface area contributed by atoms with E-state index < -0.39 is 5.97 Å². The van der Waals surface area contributed by atoms with Gasteiger partial charge in [0, 0.05) is 10.8 Å². The average molecular weight is 295 g/mol. The highest BCUT2D eigenvalue weighted by molar-refractivity contribution is 14.1. The van der Waals surface area contributed by atoms with Gasteiger partial charge >= 0.3 is 5.97 Å². The van der Waals surface area contributed by atoms with Crippen LogP contribution in [-0.2, 0) is 11.2 Å². The zero-order chi connectivity index (χ0) is 9.84. The predicted octanol–water partition coefficient (Wildman–Crippen LogP) is 1.75.